The van der Waals surface area contributed by atoms with E-state index in [0.29, 0.717) is 17.6 Å². The molecule has 0 saturated carbocycles. The molecule has 0 aliphatic heterocycles. The molecule has 2 heterocycles. The van der Waals surface area contributed by atoms with Gasteiger partial charge in [0.15, 0.2) is 5.58 Å². The molecule has 1 atom stereocenters. The third-order valence-electron chi connectivity index (χ3n) is 5.91. The molecule has 1 amide bonds. The van der Waals surface area contributed by atoms with E-state index in [0.717, 1.165) is 22.5 Å². The Hall–Kier alpha value is -4.39. The molecule has 5 rings (SSSR count). The first-order chi connectivity index (χ1) is 16.5. The van der Waals surface area contributed by atoms with Gasteiger partial charge < -0.3 is 9.32 Å². The largest absolute Gasteiger partial charge is 0.420 e. The second-order valence-electron chi connectivity index (χ2n) is 8.23. The van der Waals surface area contributed by atoms with Gasteiger partial charge in [-0.1, -0.05) is 60.7 Å². The summed E-state index contributed by atoms with van der Waals surface area (Å²) in [5, 5.41) is 4.82. The minimum Gasteiger partial charge on any atom is -0.408 e. The van der Waals surface area contributed by atoms with Gasteiger partial charge in [0.2, 0.25) is 5.91 Å². The van der Waals surface area contributed by atoms with Crippen molar-refractivity contribution in [2.24, 2.45) is 0 Å². The summed E-state index contributed by atoms with van der Waals surface area (Å²) >= 11 is 0. The van der Waals surface area contributed by atoms with Gasteiger partial charge in [-0.3, -0.25) is 9.36 Å². The Bertz CT molecular complexity index is 1500. The van der Waals surface area contributed by atoms with E-state index >= 15 is 0 Å². The van der Waals surface area contributed by atoms with E-state index in [1.807, 2.05) is 77.6 Å². The van der Waals surface area contributed by atoms with Crippen molar-refractivity contribution in [3.63, 3.8) is 0 Å². The maximum Gasteiger partial charge on any atom is 0.420 e. The summed E-state index contributed by atoms with van der Waals surface area (Å²) in [7, 11) is 1.74. The van der Waals surface area contributed by atoms with E-state index in [9.17, 15) is 9.59 Å². The van der Waals surface area contributed by atoms with Gasteiger partial charge in [-0.25, -0.2) is 9.48 Å². The van der Waals surface area contributed by atoms with E-state index < -0.39 is 11.8 Å². The highest BCUT2D eigenvalue weighted by atomic mass is 16.4. The zero-order chi connectivity index (χ0) is 23.7. The molecule has 34 heavy (non-hydrogen) atoms. The fraction of sp³-hybridized carbons (Fsp3) is 0.148. The molecule has 7 nitrogen and oxygen atoms in total. The molecule has 0 fully saturated rings. The van der Waals surface area contributed by atoms with Crippen LogP contribution in [0, 0.1) is 0 Å². The first-order valence-electron chi connectivity index (χ1n) is 11.1. The molecule has 0 N–H and O–H groups in total. The lowest BCUT2D eigenvalue weighted by Gasteiger charge is -2.22. The lowest BCUT2D eigenvalue weighted by Crippen LogP contribution is -2.35. The Morgan fingerprint density at radius 2 is 1.62 bits per heavy atom. The normalized spacial score (nSPS) is 12.1. The summed E-state index contributed by atoms with van der Waals surface area (Å²) in [4.78, 5) is 27.5. The molecule has 0 saturated heterocycles. The minimum atomic E-state index is -0.717. The minimum absolute atomic E-state index is 0.194. The van der Waals surface area contributed by atoms with Crippen molar-refractivity contribution < 1.29 is 9.21 Å². The number of nitrogens with zero attached hydrogens (tertiary/aromatic N) is 4. The van der Waals surface area contributed by atoms with Crippen LogP contribution in [0.3, 0.4) is 0 Å². The highest BCUT2D eigenvalue weighted by Crippen LogP contribution is 2.26. The van der Waals surface area contributed by atoms with Crippen molar-refractivity contribution in [3.8, 4) is 16.9 Å². The Morgan fingerprint density at radius 1 is 0.971 bits per heavy atom. The number of fused-ring (bicyclic) bond motifs is 1. The molecule has 0 aliphatic carbocycles. The number of oxazole rings is 1. The molecule has 0 radical (unpaired) electrons. The molecule has 0 unspecified atom stereocenters. The molecular weight excluding hydrogens is 428 g/mol. The molecule has 5 aromatic rings. The third-order valence-corrected chi connectivity index (χ3v) is 5.91. The van der Waals surface area contributed by atoms with Crippen LogP contribution in [0.15, 0.2) is 100 Å². The lowest BCUT2D eigenvalue weighted by molar-refractivity contribution is -0.133. The smallest absolute Gasteiger partial charge is 0.408 e. The Labute approximate surface area is 196 Å². The third kappa shape index (κ3) is 3.92. The van der Waals surface area contributed by atoms with Gasteiger partial charge in [0, 0.05) is 30.9 Å². The number of carbonyl (C=O) groups excluding carboxylic acids is 1. The molecule has 3 aromatic carbocycles. The van der Waals surface area contributed by atoms with Crippen LogP contribution < -0.4 is 5.76 Å². The number of para-hydroxylation sites is 3. The summed E-state index contributed by atoms with van der Waals surface area (Å²) in [6.45, 7) is 2.05. The van der Waals surface area contributed by atoms with Crippen molar-refractivity contribution in [2.45, 2.75) is 19.5 Å². The maximum atomic E-state index is 13.4. The number of rotatable bonds is 6. The van der Waals surface area contributed by atoms with Crippen molar-refractivity contribution in [1.82, 2.24) is 19.2 Å². The maximum absolute atomic E-state index is 13.4. The lowest BCUT2D eigenvalue weighted by atomic mass is 10.1. The zero-order valence-corrected chi connectivity index (χ0v) is 19.0. The van der Waals surface area contributed by atoms with Crippen molar-refractivity contribution in [1.29, 1.82) is 0 Å². The topological polar surface area (TPSA) is 73.3 Å². The van der Waals surface area contributed by atoms with Crippen molar-refractivity contribution >= 4 is 17.0 Å². The number of likely N-dealkylation sites (N-methyl/N-ethyl adjacent to an activating group) is 1. The summed E-state index contributed by atoms with van der Waals surface area (Å²) in [6, 6.07) is 26.1. The predicted octanol–water partition coefficient (Wildman–Crippen LogP) is 4.67. The average molecular weight is 453 g/mol. The number of benzene rings is 3. The van der Waals surface area contributed by atoms with Gasteiger partial charge in [-0.2, -0.15) is 5.10 Å². The van der Waals surface area contributed by atoms with Gasteiger partial charge in [-0.05, 0) is 31.2 Å². The van der Waals surface area contributed by atoms with Gasteiger partial charge in [-0.15, -0.1) is 0 Å². The van der Waals surface area contributed by atoms with Crippen LogP contribution in [-0.2, 0) is 11.3 Å². The van der Waals surface area contributed by atoms with Crippen LogP contribution in [0.4, 0.5) is 0 Å². The SMILES string of the molecule is C[C@H](C(=O)N(C)Cc1cn(-c2ccccc2)nc1-c1ccccc1)n1c(=O)oc2ccccc21. The van der Waals surface area contributed by atoms with E-state index in [-0.39, 0.29) is 5.91 Å². The Morgan fingerprint density at radius 3 is 2.35 bits per heavy atom. The van der Waals surface area contributed by atoms with Crippen LogP contribution >= 0.6 is 0 Å². The summed E-state index contributed by atoms with van der Waals surface area (Å²) in [5.41, 5.74) is 4.68. The number of hydrogen-bond donors (Lipinski definition) is 0. The van der Waals surface area contributed by atoms with E-state index in [1.165, 1.54) is 4.57 Å². The zero-order valence-electron chi connectivity index (χ0n) is 19.0. The van der Waals surface area contributed by atoms with E-state index in [4.69, 9.17) is 9.52 Å². The quantitative estimate of drug-likeness (QED) is 0.375. The van der Waals surface area contributed by atoms with Gasteiger partial charge >= 0.3 is 5.76 Å². The highest BCUT2D eigenvalue weighted by molar-refractivity contribution is 5.83. The Balaban J connectivity index is 1.47. The molecule has 7 heteroatoms. The molecule has 170 valence electrons. The van der Waals surface area contributed by atoms with Gasteiger partial charge in [0.05, 0.1) is 16.9 Å². The number of amides is 1. The number of hydrogen-bond acceptors (Lipinski definition) is 4. The molecule has 0 bridgehead atoms. The average Bonchev–Trinajstić information content (AvgIpc) is 3.44. The van der Waals surface area contributed by atoms with Gasteiger partial charge in [0.25, 0.3) is 0 Å². The second-order valence-corrected chi connectivity index (χ2v) is 8.23. The molecule has 2 aromatic heterocycles. The van der Waals surface area contributed by atoms with Gasteiger partial charge in [0.1, 0.15) is 6.04 Å². The van der Waals surface area contributed by atoms with Crippen LogP contribution in [0.1, 0.15) is 18.5 Å². The Kier molecular flexibility index (Phi) is 5.59. The number of aromatic nitrogens is 3. The fourth-order valence-corrected chi connectivity index (χ4v) is 4.19. The van der Waals surface area contributed by atoms with E-state index in [2.05, 4.69) is 0 Å². The van der Waals surface area contributed by atoms with Crippen LogP contribution in [0.25, 0.3) is 28.0 Å². The fourth-order valence-electron chi connectivity index (χ4n) is 4.19. The standard InChI is InChI=1S/C27H24N4O3/c1-19(31-23-15-9-10-16-24(23)34-27(31)33)26(32)29(2)17-21-18-30(22-13-7-4-8-14-22)28-25(21)20-11-5-3-6-12-20/h3-16,18-19H,17H2,1-2H3/t19-/m1/s1. The molecular formula is C27H24N4O3. The molecule has 0 aliphatic rings. The first kappa shape index (κ1) is 21.5. The highest BCUT2D eigenvalue weighted by Gasteiger charge is 2.25. The van der Waals surface area contributed by atoms with Crippen LogP contribution in [0.5, 0.6) is 0 Å². The van der Waals surface area contributed by atoms with E-state index in [1.54, 1.807) is 37.1 Å². The van der Waals surface area contributed by atoms with Crippen LogP contribution in [-0.4, -0.2) is 32.2 Å². The van der Waals surface area contributed by atoms with Crippen molar-refractivity contribution in [2.75, 3.05) is 7.05 Å². The summed E-state index contributed by atoms with van der Waals surface area (Å²) < 4.78 is 8.55. The second kappa shape index (κ2) is 8.86. The number of carbonyl (C=O) groups is 1. The monoisotopic (exact) mass is 452 g/mol. The van der Waals surface area contributed by atoms with Crippen LogP contribution in [0.2, 0.25) is 0 Å². The van der Waals surface area contributed by atoms with Crippen molar-refractivity contribution in [3.05, 3.63) is 107 Å². The first-order valence-corrected chi connectivity index (χ1v) is 11.1. The summed E-state index contributed by atoms with van der Waals surface area (Å²) in [6.07, 6.45) is 1.95. The molecule has 0 spiro atoms. The summed E-state index contributed by atoms with van der Waals surface area (Å²) in [5.74, 6) is -0.738. The predicted molar refractivity (Wildman–Crippen MR) is 131 cm³/mol.